The Morgan fingerprint density at radius 2 is 2.18 bits per heavy atom. The number of hydrogen-bond acceptors (Lipinski definition) is 4. The normalized spacial score (nSPS) is 27.6. The fraction of sp³-hybridized carbons (Fsp3) is 0.588. The molecule has 1 aromatic rings. The van der Waals surface area contributed by atoms with Gasteiger partial charge in [0.2, 0.25) is 0 Å². The number of hydrogen-bond donors (Lipinski definition) is 2. The standard InChI is InChI=1S/C17H23NO4/c1-21-14-5-4-11(13(18)9-17(19)20)8-16(14)22-15-7-10-2-3-12(15)6-10/h4-5,8,10,12-13,15H,2-3,6-7,9,18H2,1H3,(H,19,20). The van der Waals surface area contributed by atoms with Crippen molar-refractivity contribution in [1.82, 2.24) is 0 Å². The molecule has 4 atom stereocenters. The molecule has 2 aliphatic carbocycles. The van der Waals surface area contributed by atoms with Crippen LogP contribution in [0.5, 0.6) is 11.5 Å². The Labute approximate surface area is 130 Å². The van der Waals surface area contributed by atoms with Crippen LogP contribution in [0.2, 0.25) is 0 Å². The maximum atomic E-state index is 10.8. The second kappa shape index (κ2) is 6.16. The highest BCUT2D eigenvalue weighted by Gasteiger charge is 2.41. The van der Waals surface area contributed by atoms with E-state index in [4.69, 9.17) is 20.3 Å². The third-order valence-electron chi connectivity index (χ3n) is 4.96. The zero-order valence-corrected chi connectivity index (χ0v) is 12.8. The van der Waals surface area contributed by atoms with E-state index in [0.717, 1.165) is 17.9 Å². The van der Waals surface area contributed by atoms with E-state index in [0.29, 0.717) is 17.4 Å². The highest BCUT2D eigenvalue weighted by Crippen LogP contribution is 2.47. The summed E-state index contributed by atoms with van der Waals surface area (Å²) in [6, 6.07) is 4.91. The minimum absolute atomic E-state index is 0.0973. The highest BCUT2D eigenvalue weighted by atomic mass is 16.5. The molecule has 3 N–H and O–H groups in total. The van der Waals surface area contributed by atoms with E-state index >= 15 is 0 Å². The van der Waals surface area contributed by atoms with Crippen molar-refractivity contribution in [3.8, 4) is 11.5 Å². The van der Waals surface area contributed by atoms with Crippen LogP contribution in [0.3, 0.4) is 0 Å². The smallest absolute Gasteiger partial charge is 0.305 e. The molecule has 0 heterocycles. The van der Waals surface area contributed by atoms with Gasteiger partial charge in [-0.3, -0.25) is 4.79 Å². The number of carboxylic acids is 1. The fourth-order valence-corrected chi connectivity index (χ4v) is 3.82. The average molecular weight is 305 g/mol. The molecule has 0 aromatic heterocycles. The quantitative estimate of drug-likeness (QED) is 0.844. The second-order valence-corrected chi connectivity index (χ2v) is 6.45. The number of rotatable bonds is 6. The molecule has 5 heteroatoms. The Kier molecular flexibility index (Phi) is 4.25. The van der Waals surface area contributed by atoms with Crippen molar-refractivity contribution in [2.24, 2.45) is 17.6 Å². The van der Waals surface area contributed by atoms with Crippen molar-refractivity contribution >= 4 is 5.97 Å². The lowest BCUT2D eigenvalue weighted by molar-refractivity contribution is -0.137. The molecule has 0 spiro atoms. The van der Waals surface area contributed by atoms with Gasteiger partial charge in [0.15, 0.2) is 11.5 Å². The van der Waals surface area contributed by atoms with Crippen molar-refractivity contribution in [2.75, 3.05) is 7.11 Å². The molecule has 2 fully saturated rings. The molecule has 0 radical (unpaired) electrons. The lowest BCUT2D eigenvalue weighted by atomic mass is 9.97. The molecule has 2 bridgehead atoms. The van der Waals surface area contributed by atoms with Gasteiger partial charge in [0.05, 0.1) is 13.5 Å². The second-order valence-electron chi connectivity index (χ2n) is 6.45. The first-order valence-electron chi connectivity index (χ1n) is 7.88. The molecule has 4 unspecified atom stereocenters. The van der Waals surface area contributed by atoms with Crippen molar-refractivity contribution in [3.05, 3.63) is 23.8 Å². The molecule has 2 saturated carbocycles. The van der Waals surface area contributed by atoms with Gasteiger partial charge >= 0.3 is 5.97 Å². The summed E-state index contributed by atoms with van der Waals surface area (Å²) < 4.78 is 11.6. The number of carboxylic acid groups (broad SMARTS) is 1. The van der Waals surface area contributed by atoms with E-state index in [1.54, 1.807) is 19.2 Å². The first-order chi connectivity index (χ1) is 10.6. The van der Waals surface area contributed by atoms with E-state index in [-0.39, 0.29) is 12.5 Å². The minimum Gasteiger partial charge on any atom is -0.493 e. The summed E-state index contributed by atoms with van der Waals surface area (Å²) >= 11 is 0. The fourth-order valence-electron chi connectivity index (χ4n) is 3.82. The molecule has 3 rings (SSSR count). The van der Waals surface area contributed by atoms with Gasteiger partial charge in [0.1, 0.15) is 6.10 Å². The number of fused-ring (bicyclic) bond motifs is 2. The number of aliphatic carboxylic acids is 1. The summed E-state index contributed by atoms with van der Waals surface area (Å²) in [5, 5.41) is 8.88. The Balaban J connectivity index is 1.77. The number of methoxy groups -OCH3 is 1. The van der Waals surface area contributed by atoms with Crippen LogP contribution in [-0.2, 0) is 4.79 Å². The van der Waals surface area contributed by atoms with Gasteiger partial charge in [0, 0.05) is 6.04 Å². The van der Waals surface area contributed by atoms with Crippen LogP contribution in [0.4, 0.5) is 0 Å². The number of ether oxygens (including phenoxy) is 2. The van der Waals surface area contributed by atoms with Gasteiger partial charge in [-0.15, -0.1) is 0 Å². The monoisotopic (exact) mass is 305 g/mol. The van der Waals surface area contributed by atoms with Gasteiger partial charge in [-0.25, -0.2) is 0 Å². The van der Waals surface area contributed by atoms with Crippen LogP contribution in [0.25, 0.3) is 0 Å². The SMILES string of the molecule is COc1ccc(C(N)CC(=O)O)cc1OC1CC2CCC1C2. The molecule has 0 aliphatic heterocycles. The summed E-state index contributed by atoms with van der Waals surface area (Å²) in [5.41, 5.74) is 6.71. The van der Waals surface area contributed by atoms with Gasteiger partial charge in [-0.1, -0.05) is 6.07 Å². The highest BCUT2D eigenvalue weighted by molar-refractivity contribution is 5.68. The first kappa shape index (κ1) is 15.2. The Morgan fingerprint density at radius 3 is 2.77 bits per heavy atom. The van der Waals surface area contributed by atoms with Crippen LogP contribution < -0.4 is 15.2 Å². The molecular formula is C17H23NO4. The van der Waals surface area contributed by atoms with Crippen LogP contribution in [0.15, 0.2) is 18.2 Å². The van der Waals surface area contributed by atoms with Gasteiger partial charge in [-0.05, 0) is 55.2 Å². The van der Waals surface area contributed by atoms with Crippen molar-refractivity contribution in [3.63, 3.8) is 0 Å². The maximum Gasteiger partial charge on any atom is 0.305 e. The first-order valence-corrected chi connectivity index (χ1v) is 7.88. The van der Waals surface area contributed by atoms with Gasteiger partial charge in [0.25, 0.3) is 0 Å². The maximum absolute atomic E-state index is 10.8. The summed E-state index contributed by atoms with van der Waals surface area (Å²) in [6.07, 6.45) is 5.10. The van der Waals surface area contributed by atoms with Crippen molar-refractivity contribution in [2.45, 2.75) is 44.2 Å². The third kappa shape index (κ3) is 3.04. The van der Waals surface area contributed by atoms with E-state index in [2.05, 4.69) is 0 Å². The van der Waals surface area contributed by atoms with Crippen molar-refractivity contribution in [1.29, 1.82) is 0 Å². The lowest BCUT2D eigenvalue weighted by Gasteiger charge is -2.24. The molecule has 5 nitrogen and oxygen atoms in total. The third-order valence-corrected chi connectivity index (χ3v) is 4.96. The lowest BCUT2D eigenvalue weighted by Crippen LogP contribution is -2.24. The molecule has 120 valence electrons. The summed E-state index contributed by atoms with van der Waals surface area (Å²) in [7, 11) is 1.61. The van der Waals surface area contributed by atoms with Gasteiger partial charge < -0.3 is 20.3 Å². The summed E-state index contributed by atoms with van der Waals surface area (Å²) in [6.45, 7) is 0. The van der Waals surface area contributed by atoms with E-state index in [1.165, 1.54) is 19.3 Å². The van der Waals surface area contributed by atoms with Crippen LogP contribution >= 0.6 is 0 Å². The molecule has 2 aliphatic rings. The predicted octanol–water partition coefficient (Wildman–Crippen LogP) is 2.74. The summed E-state index contributed by atoms with van der Waals surface area (Å²) in [5.74, 6) is 1.90. The topological polar surface area (TPSA) is 81.8 Å². The largest absolute Gasteiger partial charge is 0.493 e. The Bertz CT molecular complexity index is 560. The number of carbonyl (C=O) groups is 1. The Morgan fingerprint density at radius 1 is 1.36 bits per heavy atom. The zero-order chi connectivity index (χ0) is 15.7. The zero-order valence-electron chi connectivity index (χ0n) is 12.8. The van der Waals surface area contributed by atoms with Gasteiger partial charge in [-0.2, -0.15) is 0 Å². The minimum atomic E-state index is -0.904. The van der Waals surface area contributed by atoms with E-state index in [1.807, 2.05) is 6.07 Å². The average Bonchev–Trinajstić information content (AvgIpc) is 3.09. The number of benzene rings is 1. The molecule has 0 amide bonds. The molecular weight excluding hydrogens is 282 g/mol. The van der Waals surface area contributed by atoms with Crippen LogP contribution in [0.1, 0.15) is 43.7 Å². The van der Waals surface area contributed by atoms with Crippen molar-refractivity contribution < 1.29 is 19.4 Å². The van der Waals surface area contributed by atoms with Crippen LogP contribution in [0, 0.1) is 11.8 Å². The van der Waals surface area contributed by atoms with E-state index < -0.39 is 12.0 Å². The summed E-state index contributed by atoms with van der Waals surface area (Å²) in [4.78, 5) is 10.8. The Hall–Kier alpha value is -1.75. The molecule has 0 saturated heterocycles. The molecule has 1 aromatic carbocycles. The number of nitrogens with two attached hydrogens (primary N) is 1. The van der Waals surface area contributed by atoms with Crippen LogP contribution in [-0.4, -0.2) is 24.3 Å². The van der Waals surface area contributed by atoms with E-state index in [9.17, 15) is 4.79 Å². The predicted molar refractivity (Wildman–Crippen MR) is 82.0 cm³/mol. The molecule has 22 heavy (non-hydrogen) atoms.